The Morgan fingerprint density at radius 3 is 2.14 bits per heavy atom. The number of anilines is 1. The maximum atomic E-state index is 13.5. The van der Waals surface area contributed by atoms with E-state index in [-0.39, 0.29) is 11.8 Å². The molecule has 2 aliphatic heterocycles. The number of amides is 2. The second-order valence-corrected chi connectivity index (χ2v) is 8.94. The number of methoxy groups -OCH3 is 4. The first kappa shape index (κ1) is 23.6. The molecule has 0 aliphatic carbocycles. The minimum atomic E-state index is -0.648. The van der Waals surface area contributed by atoms with Gasteiger partial charge in [0.15, 0.2) is 11.5 Å². The van der Waals surface area contributed by atoms with E-state index in [2.05, 4.69) is 10.6 Å². The molecule has 5 rings (SSSR count). The lowest BCUT2D eigenvalue weighted by molar-refractivity contribution is 0.0639. The highest BCUT2D eigenvalue weighted by molar-refractivity contribution is 6.04. The topological polar surface area (TPSA) is 98.4 Å². The molecule has 0 bridgehead atoms. The second kappa shape index (κ2) is 9.14. The lowest BCUT2D eigenvalue weighted by Gasteiger charge is -2.46. The van der Waals surface area contributed by atoms with Gasteiger partial charge in [0.25, 0.3) is 11.8 Å². The third-order valence-corrected chi connectivity index (χ3v) is 7.00. The molecule has 2 N–H and O–H groups in total. The van der Waals surface area contributed by atoms with Gasteiger partial charge in [0.05, 0.1) is 39.7 Å². The number of nitrogens with zero attached hydrogens (tertiary/aromatic N) is 1. The van der Waals surface area contributed by atoms with E-state index in [4.69, 9.17) is 18.9 Å². The summed E-state index contributed by atoms with van der Waals surface area (Å²) in [6.07, 6.45) is 1.10. The van der Waals surface area contributed by atoms with Crippen molar-refractivity contribution in [1.29, 1.82) is 0 Å². The van der Waals surface area contributed by atoms with Gasteiger partial charge < -0.3 is 34.5 Å². The van der Waals surface area contributed by atoms with Gasteiger partial charge in [-0.05, 0) is 24.3 Å². The Morgan fingerprint density at radius 2 is 1.47 bits per heavy atom. The molecule has 3 aromatic rings. The summed E-state index contributed by atoms with van der Waals surface area (Å²) in [6, 6.07) is 12.8. The maximum Gasteiger partial charge on any atom is 0.255 e. The Balaban J connectivity index is 1.37. The summed E-state index contributed by atoms with van der Waals surface area (Å²) in [5.74, 6) is 2.05. The zero-order chi connectivity index (χ0) is 25.4. The van der Waals surface area contributed by atoms with Crippen molar-refractivity contribution in [3.8, 4) is 23.0 Å². The molecule has 0 radical (unpaired) electrons. The Morgan fingerprint density at radius 1 is 0.806 bits per heavy atom. The van der Waals surface area contributed by atoms with E-state index < -0.39 is 5.66 Å². The molecule has 2 aliphatic rings. The molecule has 1 saturated heterocycles. The normalized spacial score (nSPS) is 16.1. The number of carbonyl (C=O) groups is 2. The van der Waals surface area contributed by atoms with E-state index in [1.54, 1.807) is 44.4 Å². The van der Waals surface area contributed by atoms with Crippen LogP contribution in [-0.2, 0) is 0 Å². The number of hydrogen-bond donors (Lipinski definition) is 2. The van der Waals surface area contributed by atoms with E-state index in [1.165, 1.54) is 7.11 Å². The van der Waals surface area contributed by atoms with Crippen LogP contribution in [0.2, 0.25) is 0 Å². The van der Waals surface area contributed by atoms with Crippen molar-refractivity contribution in [2.45, 2.75) is 18.5 Å². The van der Waals surface area contributed by atoms with Crippen LogP contribution in [0.4, 0.5) is 5.69 Å². The van der Waals surface area contributed by atoms with Crippen molar-refractivity contribution in [3.05, 3.63) is 53.6 Å². The first-order valence-electron chi connectivity index (χ1n) is 11.7. The Kier molecular flexibility index (Phi) is 5.99. The number of likely N-dealkylation sites (tertiary alicyclic amines) is 1. The molecule has 9 nitrogen and oxygen atoms in total. The van der Waals surface area contributed by atoms with Gasteiger partial charge >= 0.3 is 0 Å². The van der Waals surface area contributed by atoms with Crippen molar-refractivity contribution in [2.75, 3.05) is 46.8 Å². The van der Waals surface area contributed by atoms with E-state index in [1.807, 2.05) is 24.3 Å². The van der Waals surface area contributed by atoms with E-state index in [0.717, 1.165) is 10.8 Å². The van der Waals surface area contributed by atoms with Crippen LogP contribution in [0.1, 0.15) is 33.6 Å². The molecule has 0 atom stereocenters. The minimum Gasteiger partial charge on any atom is -0.496 e. The molecule has 2 heterocycles. The van der Waals surface area contributed by atoms with Crippen LogP contribution in [-0.4, -0.2) is 63.9 Å². The molecule has 1 fully saturated rings. The molecule has 0 unspecified atom stereocenters. The monoisotopic (exact) mass is 491 g/mol. The lowest BCUT2D eigenvalue weighted by atomic mass is 9.91. The third-order valence-electron chi connectivity index (χ3n) is 7.00. The number of benzene rings is 3. The number of nitrogens with one attached hydrogen (secondary N) is 2. The average Bonchev–Trinajstić information content (AvgIpc) is 2.91. The summed E-state index contributed by atoms with van der Waals surface area (Å²) in [4.78, 5) is 28.3. The Bertz CT molecular complexity index is 1350. The van der Waals surface area contributed by atoms with Gasteiger partial charge in [-0.2, -0.15) is 0 Å². The maximum absolute atomic E-state index is 13.5. The van der Waals surface area contributed by atoms with Crippen LogP contribution < -0.4 is 29.6 Å². The number of carbonyl (C=O) groups excluding carboxylic acids is 2. The molecule has 0 aromatic heterocycles. The average molecular weight is 492 g/mol. The molecule has 2 amide bonds. The number of piperidine rings is 1. The SMILES string of the molecule is COc1cc2c(cc1OC)C(=O)NC1(CCN(C(=O)c3cc(OC)c4cccc(OC)c4c3)CC1)N2. The molecular weight excluding hydrogens is 462 g/mol. The molecule has 9 heteroatoms. The largest absolute Gasteiger partial charge is 0.496 e. The van der Waals surface area contributed by atoms with Crippen molar-refractivity contribution in [2.24, 2.45) is 0 Å². The van der Waals surface area contributed by atoms with Crippen LogP contribution in [0.25, 0.3) is 10.8 Å². The van der Waals surface area contributed by atoms with E-state index in [0.29, 0.717) is 65.7 Å². The molecule has 1 spiro atoms. The Hall–Kier alpha value is -4.14. The molecule has 0 saturated carbocycles. The summed E-state index contributed by atoms with van der Waals surface area (Å²) in [7, 11) is 6.29. The number of hydrogen-bond acceptors (Lipinski definition) is 7. The van der Waals surface area contributed by atoms with Gasteiger partial charge in [-0.25, -0.2) is 0 Å². The van der Waals surface area contributed by atoms with E-state index >= 15 is 0 Å². The summed E-state index contributed by atoms with van der Waals surface area (Å²) in [5.41, 5.74) is 1.06. The van der Waals surface area contributed by atoms with Gasteiger partial charge in [-0.1, -0.05) is 12.1 Å². The number of ether oxygens (including phenoxy) is 4. The van der Waals surface area contributed by atoms with Crippen molar-refractivity contribution in [1.82, 2.24) is 10.2 Å². The fraction of sp³-hybridized carbons (Fsp3) is 0.333. The predicted molar refractivity (Wildman–Crippen MR) is 136 cm³/mol. The fourth-order valence-electron chi connectivity index (χ4n) is 5.06. The zero-order valence-electron chi connectivity index (χ0n) is 20.8. The number of fused-ring (bicyclic) bond motifs is 2. The first-order valence-corrected chi connectivity index (χ1v) is 11.7. The molecule has 36 heavy (non-hydrogen) atoms. The standard InChI is InChI=1S/C27H29N3O6/c1-33-21-7-5-6-17-18(21)12-16(13-22(17)34-2)26(32)30-10-8-27(9-11-30)28-20-15-24(36-4)23(35-3)14-19(20)25(31)29-27/h5-7,12-15,28H,8-11H2,1-4H3,(H,29,31). The van der Waals surface area contributed by atoms with Crippen LogP contribution in [0, 0.1) is 0 Å². The van der Waals surface area contributed by atoms with Crippen molar-refractivity contribution >= 4 is 28.3 Å². The van der Waals surface area contributed by atoms with Crippen LogP contribution in [0.15, 0.2) is 42.5 Å². The molecular formula is C27H29N3O6. The fourth-order valence-corrected chi connectivity index (χ4v) is 5.06. The van der Waals surface area contributed by atoms with Crippen molar-refractivity contribution < 1.29 is 28.5 Å². The van der Waals surface area contributed by atoms with Gasteiger partial charge in [0.1, 0.15) is 17.2 Å². The third kappa shape index (κ3) is 3.90. The summed E-state index contributed by atoms with van der Waals surface area (Å²) in [5, 5.41) is 8.29. The number of rotatable bonds is 5. The van der Waals surface area contributed by atoms with Gasteiger partial charge in [0.2, 0.25) is 0 Å². The summed E-state index contributed by atoms with van der Waals surface area (Å²) < 4.78 is 21.8. The highest BCUT2D eigenvalue weighted by Gasteiger charge is 2.41. The highest BCUT2D eigenvalue weighted by atomic mass is 16.5. The van der Waals surface area contributed by atoms with Gasteiger partial charge in [-0.3, -0.25) is 9.59 Å². The minimum absolute atomic E-state index is 0.0927. The van der Waals surface area contributed by atoms with Gasteiger partial charge in [0, 0.05) is 48.3 Å². The lowest BCUT2D eigenvalue weighted by Crippen LogP contribution is -2.62. The predicted octanol–water partition coefficient (Wildman–Crippen LogP) is 3.66. The molecule has 3 aromatic carbocycles. The molecule has 188 valence electrons. The highest BCUT2D eigenvalue weighted by Crippen LogP contribution is 2.39. The zero-order valence-corrected chi connectivity index (χ0v) is 20.8. The first-order chi connectivity index (χ1) is 17.4. The quantitative estimate of drug-likeness (QED) is 0.562. The summed E-state index contributed by atoms with van der Waals surface area (Å²) in [6.45, 7) is 0.946. The van der Waals surface area contributed by atoms with E-state index in [9.17, 15) is 9.59 Å². The van der Waals surface area contributed by atoms with Crippen LogP contribution in [0.5, 0.6) is 23.0 Å². The Labute approximate surface area is 209 Å². The van der Waals surface area contributed by atoms with Crippen LogP contribution >= 0.6 is 0 Å². The smallest absolute Gasteiger partial charge is 0.255 e. The summed E-state index contributed by atoms with van der Waals surface area (Å²) >= 11 is 0. The second-order valence-electron chi connectivity index (χ2n) is 8.94. The van der Waals surface area contributed by atoms with Gasteiger partial charge in [-0.15, -0.1) is 0 Å². The van der Waals surface area contributed by atoms with Crippen molar-refractivity contribution in [3.63, 3.8) is 0 Å². The van der Waals surface area contributed by atoms with Crippen LogP contribution in [0.3, 0.4) is 0 Å².